The predicted octanol–water partition coefficient (Wildman–Crippen LogP) is 2.30. The minimum absolute atomic E-state index is 0.0589. The lowest BCUT2D eigenvalue weighted by Crippen LogP contribution is -2.56. The number of nitrogens with zero attached hydrogens (tertiary/aromatic N) is 2. The average molecular weight is 264 g/mol. The van der Waals surface area contributed by atoms with Crippen molar-refractivity contribution in [2.24, 2.45) is 5.92 Å². The van der Waals surface area contributed by atoms with E-state index < -0.39 is 0 Å². The first kappa shape index (κ1) is 13.1. The van der Waals surface area contributed by atoms with Crippen molar-refractivity contribution in [2.75, 3.05) is 0 Å². The molecule has 0 saturated carbocycles. The van der Waals surface area contributed by atoms with Crippen molar-refractivity contribution in [3.05, 3.63) is 41.8 Å². The maximum atomic E-state index is 5.61. The number of aromatic nitrogens is 2. The lowest BCUT2D eigenvalue weighted by molar-refractivity contribution is -0.443. The Hall–Kier alpha value is -1.33. The van der Waals surface area contributed by atoms with Crippen LogP contribution in [0, 0.1) is 5.92 Å². The third-order valence-corrected chi connectivity index (χ3v) is 3.64. The summed E-state index contributed by atoms with van der Waals surface area (Å²) in [5, 5.41) is 8.70. The van der Waals surface area contributed by atoms with E-state index in [0.29, 0.717) is 17.0 Å². The summed E-state index contributed by atoms with van der Waals surface area (Å²) in [6.07, 6.45) is 0. The average Bonchev–Trinajstić information content (AvgIpc) is 2.85. The molecule has 18 heavy (non-hydrogen) atoms. The maximum absolute atomic E-state index is 5.61. The Bertz CT molecular complexity index is 484. The lowest BCUT2D eigenvalue weighted by atomic mass is 10.1. The molecule has 1 unspecified atom stereocenters. The molecule has 0 spiro atoms. The molecule has 0 radical (unpaired) electrons. The van der Waals surface area contributed by atoms with Crippen LogP contribution in [-0.4, -0.2) is 10.2 Å². The summed E-state index contributed by atoms with van der Waals surface area (Å²) in [5.41, 5.74) is 5.28. The van der Waals surface area contributed by atoms with Gasteiger partial charge in [-0.1, -0.05) is 55.9 Å². The second-order valence-corrected chi connectivity index (χ2v) is 5.46. The van der Waals surface area contributed by atoms with E-state index in [1.54, 1.807) is 11.8 Å². The van der Waals surface area contributed by atoms with Crippen LogP contribution in [0.15, 0.2) is 40.0 Å². The summed E-state index contributed by atoms with van der Waals surface area (Å²) in [6, 6.07) is 10.3. The van der Waals surface area contributed by atoms with Gasteiger partial charge >= 0.3 is 0 Å². The Balaban J connectivity index is 1.95. The van der Waals surface area contributed by atoms with Gasteiger partial charge in [-0.15, -0.1) is 10.2 Å². The molecule has 1 aromatic heterocycles. The first-order chi connectivity index (χ1) is 8.66. The molecular weight excluding hydrogens is 246 g/mol. The molecule has 1 atom stereocenters. The van der Waals surface area contributed by atoms with E-state index >= 15 is 0 Å². The van der Waals surface area contributed by atoms with Crippen LogP contribution in [0.1, 0.15) is 31.3 Å². The minimum atomic E-state index is 0.0589. The number of rotatable bonds is 5. The van der Waals surface area contributed by atoms with Gasteiger partial charge in [0.15, 0.2) is 6.04 Å². The Labute approximate surface area is 111 Å². The third-order valence-electron chi connectivity index (χ3n) is 2.75. The Morgan fingerprint density at radius 3 is 2.61 bits per heavy atom. The molecule has 0 fully saturated rings. The summed E-state index contributed by atoms with van der Waals surface area (Å²) < 4.78 is 5.61. The van der Waals surface area contributed by atoms with Crippen molar-refractivity contribution >= 4 is 11.8 Å². The van der Waals surface area contributed by atoms with Crippen LogP contribution in [0.5, 0.6) is 0 Å². The third kappa shape index (κ3) is 3.34. The Morgan fingerprint density at radius 2 is 1.94 bits per heavy atom. The summed E-state index contributed by atoms with van der Waals surface area (Å²) >= 11 is 1.56. The second kappa shape index (κ2) is 6.02. The van der Waals surface area contributed by atoms with Crippen LogP contribution in [-0.2, 0) is 5.75 Å². The minimum Gasteiger partial charge on any atom is -0.410 e. The molecule has 2 rings (SSSR count). The molecule has 0 aliphatic rings. The van der Waals surface area contributed by atoms with E-state index in [0.717, 1.165) is 5.75 Å². The molecule has 3 N–H and O–H groups in total. The zero-order valence-corrected chi connectivity index (χ0v) is 11.5. The monoisotopic (exact) mass is 264 g/mol. The van der Waals surface area contributed by atoms with Crippen LogP contribution < -0.4 is 5.73 Å². The zero-order chi connectivity index (χ0) is 13.0. The van der Waals surface area contributed by atoms with Crippen molar-refractivity contribution in [1.29, 1.82) is 0 Å². The van der Waals surface area contributed by atoms with Crippen molar-refractivity contribution in [1.82, 2.24) is 10.2 Å². The maximum Gasteiger partial charge on any atom is 0.277 e. The standard InChI is InChI=1S/C13H17N3OS/c1-9(2)11(14)12-15-16-13(17-12)18-8-10-6-4-3-5-7-10/h3-7,9,11H,8,14H2,1-2H3/p+1. The summed E-state index contributed by atoms with van der Waals surface area (Å²) in [5.74, 6) is 1.87. The van der Waals surface area contributed by atoms with Gasteiger partial charge < -0.3 is 10.2 Å². The van der Waals surface area contributed by atoms with Crippen LogP contribution >= 0.6 is 11.8 Å². The number of benzene rings is 1. The van der Waals surface area contributed by atoms with Crippen LogP contribution in [0.2, 0.25) is 0 Å². The van der Waals surface area contributed by atoms with Gasteiger partial charge in [-0.3, -0.25) is 0 Å². The van der Waals surface area contributed by atoms with E-state index in [1.807, 2.05) is 18.2 Å². The van der Waals surface area contributed by atoms with E-state index in [9.17, 15) is 0 Å². The number of thioether (sulfide) groups is 1. The largest absolute Gasteiger partial charge is 0.410 e. The van der Waals surface area contributed by atoms with Gasteiger partial charge in [-0.05, 0) is 5.56 Å². The van der Waals surface area contributed by atoms with Crippen molar-refractivity contribution in [3.63, 3.8) is 0 Å². The molecule has 1 aromatic carbocycles. The van der Waals surface area contributed by atoms with E-state index in [1.165, 1.54) is 5.56 Å². The Morgan fingerprint density at radius 1 is 1.22 bits per heavy atom. The van der Waals surface area contributed by atoms with Crippen molar-refractivity contribution in [2.45, 2.75) is 30.9 Å². The van der Waals surface area contributed by atoms with Gasteiger partial charge in [-0.2, -0.15) is 0 Å². The summed E-state index contributed by atoms with van der Waals surface area (Å²) in [7, 11) is 0. The van der Waals surface area contributed by atoms with Gasteiger partial charge in [0.1, 0.15) is 0 Å². The SMILES string of the molecule is CC(C)C([NH3+])c1nnc(SCc2ccccc2)o1. The fraction of sp³-hybridized carbons (Fsp3) is 0.385. The van der Waals surface area contributed by atoms with Crippen LogP contribution in [0.25, 0.3) is 0 Å². The fourth-order valence-electron chi connectivity index (χ4n) is 1.43. The highest BCUT2D eigenvalue weighted by Crippen LogP contribution is 2.24. The van der Waals surface area contributed by atoms with Gasteiger partial charge in [-0.25, -0.2) is 0 Å². The predicted molar refractivity (Wildman–Crippen MR) is 70.8 cm³/mol. The number of hydrogen-bond acceptors (Lipinski definition) is 4. The van der Waals surface area contributed by atoms with Crippen LogP contribution in [0.3, 0.4) is 0 Å². The van der Waals surface area contributed by atoms with Crippen LogP contribution in [0.4, 0.5) is 0 Å². The smallest absolute Gasteiger partial charge is 0.277 e. The molecule has 0 aliphatic carbocycles. The highest BCUT2D eigenvalue weighted by Gasteiger charge is 2.21. The molecule has 4 nitrogen and oxygen atoms in total. The molecule has 0 amide bonds. The number of quaternary nitrogens is 1. The first-order valence-electron chi connectivity index (χ1n) is 6.00. The quantitative estimate of drug-likeness (QED) is 0.841. The fourth-order valence-corrected chi connectivity index (χ4v) is 2.16. The van der Waals surface area contributed by atoms with E-state index in [2.05, 4.69) is 41.9 Å². The van der Waals surface area contributed by atoms with Gasteiger partial charge in [0.2, 0.25) is 0 Å². The summed E-state index contributed by atoms with van der Waals surface area (Å²) in [6.45, 7) is 4.19. The van der Waals surface area contributed by atoms with E-state index in [4.69, 9.17) is 4.42 Å². The molecule has 96 valence electrons. The van der Waals surface area contributed by atoms with Crippen molar-refractivity contribution < 1.29 is 10.2 Å². The zero-order valence-electron chi connectivity index (χ0n) is 10.7. The van der Waals surface area contributed by atoms with Gasteiger partial charge in [0.25, 0.3) is 11.1 Å². The van der Waals surface area contributed by atoms with E-state index in [-0.39, 0.29) is 6.04 Å². The molecule has 0 bridgehead atoms. The molecule has 0 saturated heterocycles. The van der Waals surface area contributed by atoms with Gasteiger partial charge in [0, 0.05) is 11.7 Å². The molecule has 2 aromatic rings. The second-order valence-electron chi connectivity index (χ2n) is 4.53. The normalized spacial score (nSPS) is 12.9. The topological polar surface area (TPSA) is 66.6 Å². The summed E-state index contributed by atoms with van der Waals surface area (Å²) in [4.78, 5) is 0. The molecular formula is C13H18N3OS+. The highest BCUT2D eigenvalue weighted by atomic mass is 32.2. The first-order valence-corrected chi connectivity index (χ1v) is 6.98. The molecule has 1 heterocycles. The van der Waals surface area contributed by atoms with Crippen molar-refractivity contribution in [3.8, 4) is 0 Å². The lowest BCUT2D eigenvalue weighted by Gasteiger charge is -2.05. The number of hydrogen-bond donors (Lipinski definition) is 1. The molecule has 0 aliphatic heterocycles. The van der Waals surface area contributed by atoms with Gasteiger partial charge in [0.05, 0.1) is 0 Å². The highest BCUT2D eigenvalue weighted by molar-refractivity contribution is 7.98. The Kier molecular flexibility index (Phi) is 4.38. The molecule has 5 heteroatoms.